The summed E-state index contributed by atoms with van der Waals surface area (Å²) in [5, 5.41) is 21.0. The normalized spacial score (nSPS) is 16.8. The van der Waals surface area contributed by atoms with Crippen molar-refractivity contribution in [2.75, 3.05) is 13.2 Å². The second-order valence-corrected chi connectivity index (χ2v) is 8.33. The number of aliphatic hydroxyl groups is 1. The number of benzene rings is 2. The Morgan fingerprint density at radius 1 is 1.15 bits per heavy atom. The lowest BCUT2D eigenvalue weighted by Crippen LogP contribution is -2.31. The first-order chi connectivity index (χ1) is 16.1. The van der Waals surface area contributed by atoms with Crippen LogP contribution in [0.2, 0.25) is 0 Å². The fourth-order valence-electron chi connectivity index (χ4n) is 4.43. The molecule has 1 fully saturated rings. The first-order valence-electron chi connectivity index (χ1n) is 11.0. The Balaban J connectivity index is 1.43. The van der Waals surface area contributed by atoms with Gasteiger partial charge in [0.1, 0.15) is 5.76 Å². The van der Waals surface area contributed by atoms with Crippen LogP contribution in [0.15, 0.2) is 75.1 Å². The summed E-state index contributed by atoms with van der Waals surface area (Å²) in [6.07, 6.45) is 5.31. The van der Waals surface area contributed by atoms with E-state index >= 15 is 0 Å². The topological polar surface area (TPSA) is 102 Å². The molecule has 2 aromatic carbocycles. The molecule has 168 valence electrons. The number of rotatable bonds is 6. The number of H-pyrrole nitrogens is 1. The van der Waals surface area contributed by atoms with Gasteiger partial charge in [-0.3, -0.25) is 19.7 Å². The molecular formula is C26H25N3O4. The molecule has 1 saturated heterocycles. The van der Waals surface area contributed by atoms with Crippen LogP contribution in [-0.4, -0.2) is 45.5 Å². The lowest BCUT2D eigenvalue weighted by molar-refractivity contribution is 0.153. The molecule has 1 aliphatic heterocycles. The third kappa shape index (κ3) is 4.33. The van der Waals surface area contributed by atoms with Crippen molar-refractivity contribution in [2.45, 2.75) is 25.4 Å². The summed E-state index contributed by atoms with van der Waals surface area (Å²) in [4.78, 5) is 21.7. The summed E-state index contributed by atoms with van der Waals surface area (Å²) >= 11 is 0. The summed E-state index contributed by atoms with van der Waals surface area (Å²) < 4.78 is 5.47. The summed E-state index contributed by atoms with van der Waals surface area (Å²) in [5.74, 6) is 0.449. The molecule has 4 aromatic rings. The van der Waals surface area contributed by atoms with Crippen LogP contribution in [0.5, 0.6) is 5.88 Å². The molecule has 33 heavy (non-hydrogen) atoms. The second kappa shape index (κ2) is 9.05. The number of hydrogen-bond donors (Lipinski definition) is 3. The Morgan fingerprint density at radius 2 is 2.00 bits per heavy atom. The third-order valence-electron chi connectivity index (χ3n) is 6.22. The number of aliphatic imine (C=N–C) groups is 1. The van der Waals surface area contributed by atoms with Gasteiger partial charge in [-0.05, 0) is 61.3 Å². The average Bonchev–Trinajstić information content (AvgIpc) is 3.52. The Bertz CT molecular complexity index is 1340. The fourth-order valence-corrected chi connectivity index (χ4v) is 4.43. The molecule has 1 aliphatic rings. The van der Waals surface area contributed by atoms with Gasteiger partial charge in [-0.15, -0.1) is 0 Å². The predicted molar refractivity (Wildman–Crippen MR) is 128 cm³/mol. The van der Waals surface area contributed by atoms with Crippen molar-refractivity contribution < 1.29 is 14.6 Å². The summed E-state index contributed by atoms with van der Waals surface area (Å²) in [6, 6.07) is 17.1. The van der Waals surface area contributed by atoms with E-state index < -0.39 is 0 Å². The minimum absolute atomic E-state index is 0.195. The Labute approximate surface area is 190 Å². The Morgan fingerprint density at radius 3 is 2.76 bits per heavy atom. The highest BCUT2D eigenvalue weighted by Crippen LogP contribution is 2.28. The van der Waals surface area contributed by atoms with E-state index in [0.717, 1.165) is 42.7 Å². The van der Waals surface area contributed by atoms with Gasteiger partial charge < -0.3 is 14.6 Å². The van der Waals surface area contributed by atoms with Crippen molar-refractivity contribution in [1.29, 1.82) is 0 Å². The standard InChI is InChI=1S/C26H25N3O4/c30-16-20-3-1-11-29(20)15-17-5-8-19(9-6-17)27-14-23-22-13-18(24-4-2-12-33-24)7-10-21(22)25(31)28-26(23)32/h2,4-10,12-14,20,30H,1,3,11,15-16H2,(H2,28,31,32). The van der Waals surface area contributed by atoms with Crippen molar-refractivity contribution in [1.82, 2.24) is 9.88 Å². The van der Waals surface area contributed by atoms with Crippen LogP contribution in [0.1, 0.15) is 24.0 Å². The molecule has 1 atom stereocenters. The molecule has 3 heterocycles. The number of aliphatic hydroxyl groups excluding tert-OH is 1. The fraction of sp³-hybridized carbons (Fsp3) is 0.231. The number of pyridine rings is 1. The van der Waals surface area contributed by atoms with Crippen LogP contribution in [0.25, 0.3) is 22.1 Å². The van der Waals surface area contributed by atoms with Crippen molar-refractivity contribution in [3.63, 3.8) is 0 Å². The largest absolute Gasteiger partial charge is 0.494 e. The molecule has 7 heteroatoms. The van der Waals surface area contributed by atoms with E-state index in [0.29, 0.717) is 22.1 Å². The van der Waals surface area contributed by atoms with Crippen LogP contribution in [0.3, 0.4) is 0 Å². The monoisotopic (exact) mass is 443 g/mol. The van der Waals surface area contributed by atoms with Gasteiger partial charge in [0.05, 0.1) is 24.1 Å². The molecule has 2 aromatic heterocycles. The third-order valence-corrected chi connectivity index (χ3v) is 6.22. The van der Waals surface area contributed by atoms with E-state index in [1.54, 1.807) is 24.6 Å². The molecule has 0 aliphatic carbocycles. The van der Waals surface area contributed by atoms with Crippen molar-refractivity contribution in [2.24, 2.45) is 4.99 Å². The lowest BCUT2D eigenvalue weighted by atomic mass is 10.0. The van der Waals surface area contributed by atoms with Crippen molar-refractivity contribution in [3.05, 3.63) is 82.3 Å². The van der Waals surface area contributed by atoms with E-state index in [2.05, 4.69) is 14.9 Å². The molecule has 0 radical (unpaired) electrons. The van der Waals surface area contributed by atoms with Crippen LogP contribution >= 0.6 is 0 Å². The predicted octanol–water partition coefficient (Wildman–Crippen LogP) is 4.20. The molecule has 1 unspecified atom stereocenters. The maximum absolute atomic E-state index is 12.3. The lowest BCUT2D eigenvalue weighted by Gasteiger charge is -2.22. The smallest absolute Gasteiger partial charge is 0.258 e. The van der Waals surface area contributed by atoms with Crippen LogP contribution in [0.4, 0.5) is 5.69 Å². The summed E-state index contributed by atoms with van der Waals surface area (Å²) in [6.45, 7) is 2.00. The second-order valence-electron chi connectivity index (χ2n) is 8.33. The first kappa shape index (κ1) is 21.2. The van der Waals surface area contributed by atoms with Gasteiger partial charge in [-0.1, -0.05) is 18.2 Å². The SMILES string of the molecule is O=c1[nH]c(O)c(C=Nc2ccc(CN3CCCC3CO)cc2)c2cc(-c3ccco3)ccc12. The molecule has 0 amide bonds. The van der Waals surface area contributed by atoms with Gasteiger partial charge in [-0.25, -0.2) is 0 Å². The maximum Gasteiger partial charge on any atom is 0.258 e. The van der Waals surface area contributed by atoms with Gasteiger partial charge in [0.25, 0.3) is 5.56 Å². The number of likely N-dealkylation sites (tertiary alicyclic amines) is 1. The summed E-state index contributed by atoms with van der Waals surface area (Å²) in [5.41, 5.74) is 2.78. The van der Waals surface area contributed by atoms with E-state index in [4.69, 9.17) is 4.42 Å². The Hall–Kier alpha value is -3.68. The zero-order chi connectivity index (χ0) is 22.8. The number of furan rings is 1. The Kier molecular flexibility index (Phi) is 5.81. The zero-order valence-electron chi connectivity index (χ0n) is 18.1. The van der Waals surface area contributed by atoms with E-state index in [1.165, 1.54) is 0 Å². The number of nitrogens with zero attached hydrogens (tertiary/aromatic N) is 2. The molecule has 7 nitrogen and oxygen atoms in total. The number of fused-ring (bicyclic) bond motifs is 1. The number of aromatic hydroxyl groups is 1. The van der Waals surface area contributed by atoms with Crippen LogP contribution in [0, 0.1) is 0 Å². The highest BCUT2D eigenvalue weighted by atomic mass is 16.3. The molecule has 0 spiro atoms. The van der Waals surface area contributed by atoms with Gasteiger partial charge in [-0.2, -0.15) is 0 Å². The van der Waals surface area contributed by atoms with Gasteiger partial charge >= 0.3 is 0 Å². The highest BCUT2D eigenvalue weighted by molar-refractivity contribution is 6.03. The van der Waals surface area contributed by atoms with Gasteiger partial charge in [0.15, 0.2) is 0 Å². The van der Waals surface area contributed by atoms with E-state index in [1.807, 2.05) is 42.5 Å². The van der Waals surface area contributed by atoms with Crippen LogP contribution < -0.4 is 5.56 Å². The van der Waals surface area contributed by atoms with E-state index in [-0.39, 0.29) is 24.1 Å². The summed E-state index contributed by atoms with van der Waals surface area (Å²) in [7, 11) is 0. The van der Waals surface area contributed by atoms with Gasteiger partial charge in [0.2, 0.25) is 5.88 Å². The van der Waals surface area contributed by atoms with Crippen molar-refractivity contribution in [3.8, 4) is 17.2 Å². The van der Waals surface area contributed by atoms with Crippen LogP contribution in [-0.2, 0) is 6.54 Å². The number of nitrogens with one attached hydrogen (secondary N) is 1. The minimum atomic E-state index is -0.363. The quantitative estimate of drug-likeness (QED) is 0.388. The molecule has 3 N–H and O–H groups in total. The molecule has 0 saturated carbocycles. The van der Waals surface area contributed by atoms with Crippen molar-refractivity contribution >= 4 is 22.7 Å². The molecule has 5 rings (SSSR count). The zero-order valence-corrected chi connectivity index (χ0v) is 18.1. The number of aromatic nitrogens is 1. The molecule has 0 bridgehead atoms. The average molecular weight is 444 g/mol. The molecular weight excluding hydrogens is 418 g/mol. The minimum Gasteiger partial charge on any atom is -0.494 e. The highest BCUT2D eigenvalue weighted by Gasteiger charge is 2.23. The van der Waals surface area contributed by atoms with E-state index in [9.17, 15) is 15.0 Å². The number of aromatic amines is 1. The first-order valence-corrected chi connectivity index (χ1v) is 11.0. The number of hydrogen-bond acceptors (Lipinski definition) is 6. The maximum atomic E-state index is 12.3. The van der Waals surface area contributed by atoms with Gasteiger partial charge in [0, 0.05) is 35.1 Å².